The van der Waals surface area contributed by atoms with Crippen LogP contribution >= 0.6 is 11.6 Å². The van der Waals surface area contributed by atoms with Crippen LogP contribution in [0.4, 0.5) is 14.9 Å². The lowest BCUT2D eigenvalue weighted by atomic mass is 9.94. The number of urea groups is 1. The van der Waals surface area contributed by atoms with E-state index in [4.69, 9.17) is 20.9 Å². The van der Waals surface area contributed by atoms with E-state index in [1.54, 1.807) is 56.5 Å². The third-order valence-corrected chi connectivity index (χ3v) is 5.97. The van der Waals surface area contributed by atoms with Crippen molar-refractivity contribution in [3.63, 3.8) is 0 Å². The maximum absolute atomic E-state index is 13.6. The Morgan fingerprint density at radius 1 is 1.09 bits per heavy atom. The summed E-state index contributed by atoms with van der Waals surface area (Å²) < 4.78 is 24.6. The summed E-state index contributed by atoms with van der Waals surface area (Å²) in [5.41, 5.74) is 3.11. The standard InChI is InChI=1S/C26H20ClFN4O3/c1-15-22(25-30-24(31-35-25)17-5-3-8-21(13-17)34-2)23(16-9-11-19(28)12-10-16)29-26(33)32(15)20-7-4-6-18(27)14-20/h3-14,23H,1-2H3,(H,29,33). The Bertz CT molecular complexity index is 1430. The number of nitrogens with one attached hydrogen (secondary N) is 1. The number of ether oxygens (including phenoxy) is 1. The van der Waals surface area contributed by atoms with Gasteiger partial charge in [-0.05, 0) is 55.0 Å². The van der Waals surface area contributed by atoms with E-state index in [1.165, 1.54) is 17.0 Å². The molecule has 7 nitrogen and oxygen atoms in total. The van der Waals surface area contributed by atoms with Crippen molar-refractivity contribution in [3.8, 4) is 17.1 Å². The first-order valence-electron chi connectivity index (χ1n) is 10.8. The van der Waals surface area contributed by atoms with Gasteiger partial charge in [-0.15, -0.1) is 0 Å². The quantitative estimate of drug-likeness (QED) is 0.358. The number of nitrogens with zero attached hydrogens (tertiary/aromatic N) is 3. The number of carbonyl (C=O) groups is 1. The van der Waals surface area contributed by atoms with Gasteiger partial charge in [0.15, 0.2) is 0 Å². The Morgan fingerprint density at radius 2 is 1.86 bits per heavy atom. The molecule has 0 spiro atoms. The van der Waals surface area contributed by atoms with Crippen molar-refractivity contribution in [2.24, 2.45) is 0 Å². The summed E-state index contributed by atoms with van der Waals surface area (Å²) in [4.78, 5) is 19.3. The molecule has 0 aliphatic carbocycles. The van der Waals surface area contributed by atoms with E-state index >= 15 is 0 Å². The topological polar surface area (TPSA) is 80.5 Å². The number of halogens is 2. The van der Waals surface area contributed by atoms with Crippen LogP contribution < -0.4 is 15.0 Å². The highest BCUT2D eigenvalue weighted by molar-refractivity contribution is 6.31. The molecule has 1 atom stereocenters. The lowest BCUT2D eigenvalue weighted by molar-refractivity contribution is 0.244. The van der Waals surface area contributed by atoms with E-state index in [2.05, 4.69) is 15.5 Å². The van der Waals surface area contributed by atoms with Crippen LogP contribution in [0.3, 0.4) is 0 Å². The summed E-state index contributed by atoms with van der Waals surface area (Å²) in [6, 6.07) is 19.2. The number of rotatable bonds is 5. The van der Waals surface area contributed by atoms with E-state index in [0.29, 0.717) is 44.7 Å². The van der Waals surface area contributed by atoms with E-state index in [0.717, 1.165) is 0 Å². The van der Waals surface area contributed by atoms with Crippen molar-refractivity contribution >= 4 is 28.9 Å². The summed E-state index contributed by atoms with van der Waals surface area (Å²) in [5, 5.41) is 7.63. The van der Waals surface area contributed by atoms with Crippen LogP contribution in [0, 0.1) is 5.82 Å². The number of methoxy groups -OCH3 is 1. The van der Waals surface area contributed by atoms with Crippen molar-refractivity contribution in [2.75, 3.05) is 12.0 Å². The zero-order valence-corrected chi connectivity index (χ0v) is 19.6. The second-order valence-electron chi connectivity index (χ2n) is 7.90. The summed E-state index contributed by atoms with van der Waals surface area (Å²) in [6.45, 7) is 1.79. The molecule has 0 saturated carbocycles. The highest BCUT2D eigenvalue weighted by Crippen LogP contribution is 2.39. The molecule has 9 heteroatoms. The number of carbonyl (C=O) groups excluding carboxylic acids is 1. The molecule has 35 heavy (non-hydrogen) atoms. The van der Waals surface area contributed by atoms with E-state index < -0.39 is 6.04 Å². The van der Waals surface area contributed by atoms with Crippen molar-refractivity contribution in [2.45, 2.75) is 13.0 Å². The predicted molar refractivity (Wildman–Crippen MR) is 130 cm³/mol. The molecule has 2 heterocycles. The number of hydrogen-bond donors (Lipinski definition) is 1. The van der Waals surface area contributed by atoms with Crippen LogP contribution in [0.25, 0.3) is 17.0 Å². The van der Waals surface area contributed by atoms with Gasteiger partial charge in [0.05, 0.1) is 24.4 Å². The number of benzene rings is 3. The van der Waals surface area contributed by atoms with Gasteiger partial charge in [-0.1, -0.05) is 47.1 Å². The fraction of sp³-hybridized carbons (Fsp3) is 0.115. The van der Waals surface area contributed by atoms with Crippen LogP contribution in [0.1, 0.15) is 24.4 Å². The number of aromatic nitrogens is 2. The minimum Gasteiger partial charge on any atom is -0.497 e. The van der Waals surface area contributed by atoms with Crippen molar-refractivity contribution in [3.05, 3.63) is 101 Å². The van der Waals surface area contributed by atoms with Gasteiger partial charge in [-0.2, -0.15) is 4.98 Å². The maximum atomic E-state index is 13.6. The van der Waals surface area contributed by atoms with Crippen LogP contribution in [-0.2, 0) is 0 Å². The lowest BCUT2D eigenvalue weighted by Gasteiger charge is -2.35. The molecular weight excluding hydrogens is 471 g/mol. The maximum Gasteiger partial charge on any atom is 0.326 e. The predicted octanol–water partition coefficient (Wildman–Crippen LogP) is 6.24. The van der Waals surface area contributed by atoms with Crippen molar-refractivity contribution in [1.29, 1.82) is 0 Å². The number of allylic oxidation sites excluding steroid dienone is 1. The third-order valence-electron chi connectivity index (χ3n) is 5.74. The van der Waals surface area contributed by atoms with Gasteiger partial charge < -0.3 is 14.6 Å². The molecule has 0 saturated heterocycles. The van der Waals surface area contributed by atoms with Gasteiger partial charge in [0.2, 0.25) is 5.82 Å². The monoisotopic (exact) mass is 490 g/mol. The Morgan fingerprint density at radius 3 is 2.60 bits per heavy atom. The van der Waals surface area contributed by atoms with E-state index in [1.807, 2.05) is 18.2 Å². The third kappa shape index (κ3) is 4.36. The lowest BCUT2D eigenvalue weighted by Crippen LogP contribution is -2.46. The van der Waals surface area contributed by atoms with E-state index in [9.17, 15) is 9.18 Å². The summed E-state index contributed by atoms with van der Waals surface area (Å²) >= 11 is 6.19. The molecule has 1 aliphatic rings. The average Bonchev–Trinajstić information content (AvgIpc) is 3.34. The minimum atomic E-state index is -0.642. The highest BCUT2D eigenvalue weighted by atomic mass is 35.5. The van der Waals surface area contributed by atoms with Gasteiger partial charge >= 0.3 is 6.03 Å². The second kappa shape index (κ2) is 9.23. The molecule has 5 rings (SSSR count). The van der Waals surface area contributed by atoms with Crippen molar-refractivity contribution < 1.29 is 18.4 Å². The zero-order valence-electron chi connectivity index (χ0n) is 18.8. The van der Waals surface area contributed by atoms with Crippen molar-refractivity contribution in [1.82, 2.24) is 15.5 Å². The normalized spacial score (nSPS) is 15.8. The average molecular weight is 491 g/mol. The van der Waals surface area contributed by atoms with Crippen LogP contribution in [0.15, 0.2) is 83.0 Å². The second-order valence-corrected chi connectivity index (χ2v) is 8.34. The number of hydrogen-bond acceptors (Lipinski definition) is 5. The molecule has 0 fully saturated rings. The Hall–Kier alpha value is -4.17. The summed E-state index contributed by atoms with van der Waals surface area (Å²) in [5.74, 6) is 0.868. The Labute approximate surface area is 205 Å². The molecule has 1 N–H and O–H groups in total. The summed E-state index contributed by atoms with van der Waals surface area (Å²) in [6.07, 6.45) is 0. The van der Waals surface area contributed by atoms with E-state index in [-0.39, 0.29) is 17.7 Å². The Balaban J connectivity index is 1.65. The molecule has 0 radical (unpaired) electrons. The highest BCUT2D eigenvalue weighted by Gasteiger charge is 2.36. The zero-order chi connectivity index (χ0) is 24.5. The SMILES string of the molecule is COc1cccc(-c2noc(C3=C(C)N(c4cccc(Cl)c4)C(=O)NC3c3ccc(F)cc3)n2)c1. The Kier molecular flexibility index (Phi) is 5.96. The first kappa shape index (κ1) is 22.6. The smallest absolute Gasteiger partial charge is 0.326 e. The fourth-order valence-electron chi connectivity index (χ4n) is 4.06. The molecule has 176 valence electrons. The minimum absolute atomic E-state index is 0.224. The molecular formula is C26H20ClFN4O3. The molecule has 0 bridgehead atoms. The first-order chi connectivity index (χ1) is 16.9. The fourth-order valence-corrected chi connectivity index (χ4v) is 4.25. The van der Waals surface area contributed by atoms with Crippen LogP contribution in [0.5, 0.6) is 5.75 Å². The molecule has 1 aromatic heterocycles. The summed E-state index contributed by atoms with van der Waals surface area (Å²) in [7, 11) is 1.58. The number of anilines is 1. The van der Waals surface area contributed by atoms with Crippen LogP contribution in [0.2, 0.25) is 5.02 Å². The van der Waals surface area contributed by atoms with Gasteiger partial charge in [0, 0.05) is 16.3 Å². The molecule has 2 amide bonds. The first-order valence-corrected chi connectivity index (χ1v) is 11.1. The van der Waals surface area contributed by atoms with Gasteiger partial charge in [0.25, 0.3) is 5.89 Å². The molecule has 1 unspecified atom stereocenters. The van der Waals surface area contributed by atoms with Gasteiger partial charge in [0.1, 0.15) is 11.6 Å². The van der Waals surface area contributed by atoms with Gasteiger partial charge in [-0.25, -0.2) is 9.18 Å². The number of amides is 2. The molecule has 3 aromatic carbocycles. The van der Waals surface area contributed by atoms with Crippen LogP contribution in [-0.4, -0.2) is 23.3 Å². The molecule has 1 aliphatic heterocycles. The largest absolute Gasteiger partial charge is 0.497 e. The molecule has 4 aromatic rings. The van der Waals surface area contributed by atoms with Gasteiger partial charge in [-0.3, -0.25) is 4.90 Å².